The van der Waals surface area contributed by atoms with Crippen LogP contribution < -0.4 is 10.2 Å². The van der Waals surface area contributed by atoms with Crippen molar-refractivity contribution in [2.24, 2.45) is 0 Å². The number of hydrogen-bond donors (Lipinski definition) is 2. The lowest BCUT2D eigenvalue weighted by atomic mass is 10.1. The van der Waals surface area contributed by atoms with Crippen LogP contribution in [-0.4, -0.2) is 23.5 Å². The molecule has 0 fully saturated rings. The standard InChI is InChI=1S/C14H14N2O3/c1-10(18)15-12-3-2-4-13(7-12)16-8-11(9-17)5-6-14(16)19/h2-9,14,19H,1H3,(H,15,18). The molecule has 1 amide bonds. The van der Waals surface area contributed by atoms with Gasteiger partial charge in [0.2, 0.25) is 5.91 Å². The van der Waals surface area contributed by atoms with Gasteiger partial charge in [-0.1, -0.05) is 6.07 Å². The zero-order valence-electron chi connectivity index (χ0n) is 10.4. The van der Waals surface area contributed by atoms with Crippen molar-refractivity contribution in [3.8, 4) is 0 Å². The molecule has 1 heterocycles. The van der Waals surface area contributed by atoms with E-state index in [1.54, 1.807) is 41.4 Å². The Balaban J connectivity index is 2.30. The fraction of sp³-hybridized carbons (Fsp3) is 0.143. The zero-order valence-corrected chi connectivity index (χ0v) is 10.4. The normalized spacial score (nSPS) is 17.9. The molecule has 1 aromatic rings. The van der Waals surface area contributed by atoms with Crippen LogP contribution in [0, 0.1) is 0 Å². The lowest BCUT2D eigenvalue weighted by molar-refractivity contribution is -0.114. The Labute approximate surface area is 110 Å². The number of carbonyl (C=O) groups excluding carboxylic acids is 2. The predicted octanol–water partition coefficient (Wildman–Crippen LogP) is 1.42. The Morgan fingerprint density at radius 1 is 1.47 bits per heavy atom. The minimum atomic E-state index is -0.837. The van der Waals surface area contributed by atoms with Gasteiger partial charge >= 0.3 is 0 Å². The van der Waals surface area contributed by atoms with Crippen LogP contribution in [0.1, 0.15) is 6.92 Å². The molecular formula is C14H14N2O3. The molecule has 5 nitrogen and oxygen atoms in total. The molecule has 1 aromatic carbocycles. The van der Waals surface area contributed by atoms with Crippen LogP contribution in [0.5, 0.6) is 0 Å². The third-order valence-corrected chi connectivity index (χ3v) is 2.63. The van der Waals surface area contributed by atoms with E-state index in [9.17, 15) is 14.7 Å². The number of allylic oxidation sites excluding steroid dienone is 2. The molecule has 1 aliphatic rings. The molecule has 98 valence electrons. The van der Waals surface area contributed by atoms with E-state index in [0.717, 1.165) is 0 Å². The Bertz CT molecular complexity index is 564. The lowest BCUT2D eigenvalue weighted by Gasteiger charge is -2.27. The summed E-state index contributed by atoms with van der Waals surface area (Å²) in [4.78, 5) is 23.3. The minimum Gasteiger partial charge on any atom is -0.370 e. The SMILES string of the molecule is CC(=O)Nc1cccc(N2C=C(C=O)C=CC2O)c1. The number of benzene rings is 1. The Morgan fingerprint density at radius 2 is 2.26 bits per heavy atom. The van der Waals surface area contributed by atoms with Crippen LogP contribution in [0.3, 0.4) is 0 Å². The zero-order chi connectivity index (χ0) is 13.8. The highest BCUT2D eigenvalue weighted by Gasteiger charge is 2.16. The molecule has 1 unspecified atom stereocenters. The second kappa shape index (κ2) is 5.49. The van der Waals surface area contributed by atoms with E-state index in [1.165, 1.54) is 13.0 Å². The predicted molar refractivity (Wildman–Crippen MR) is 72.5 cm³/mol. The van der Waals surface area contributed by atoms with E-state index in [4.69, 9.17) is 0 Å². The largest absolute Gasteiger partial charge is 0.370 e. The summed E-state index contributed by atoms with van der Waals surface area (Å²) in [5, 5.41) is 12.6. The summed E-state index contributed by atoms with van der Waals surface area (Å²) in [6.07, 6.45) is 4.52. The molecule has 0 spiro atoms. The highest BCUT2D eigenvalue weighted by molar-refractivity contribution is 5.89. The van der Waals surface area contributed by atoms with Gasteiger partial charge in [-0.05, 0) is 30.4 Å². The van der Waals surface area contributed by atoms with Crippen molar-refractivity contribution in [3.05, 3.63) is 48.2 Å². The molecule has 19 heavy (non-hydrogen) atoms. The number of nitrogens with zero attached hydrogens (tertiary/aromatic N) is 1. The van der Waals surface area contributed by atoms with Crippen molar-refractivity contribution in [3.63, 3.8) is 0 Å². The number of aldehydes is 1. The number of aliphatic hydroxyl groups excluding tert-OH is 1. The number of anilines is 2. The maximum absolute atomic E-state index is 11.0. The molecule has 2 N–H and O–H groups in total. The van der Waals surface area contributed by atoms with Gasteiger partial charge < -0.3 is 15.3 Å². The summed E-state index contributed by atoms with van der Waals surface area (Å²) in [6, 6.07) is 7.02. The van der Waals surface area contributed by atoms with E-state index < -0.39 is 6.23 Å². The summed E-state index contributed by atoms with van der Waals surface area (Å²) < 4.78 is 0. The summed E-state index contributed by atoms with van der Waals surface area (Å²) in [5.41, 5.74) is 1.78. The first kappa shape index (κ1) is 13.0. The third kappa shape index (κ3) is 3.08. The fourth-order valence-electron chi connectivity index (χ4n) is 1.81. The molecule has 2 rings (SSSR count). The Morgan fingerprint density at radius 3 is 2.95 bits per heavy atom. The van der Waals surface area contributed by atoms with Gasteiger partial charge in [0, 0.05) is 30.1 Å². The number of carbonyl (C=O) groups is 2. The van der Waals surface area contributed by atoms with Gasteiger partial charge in [0.1, 0.15) is 6.23 Å². The smallest absolute Gasteiger partial charge is 0.221 e. The van der Waals surface area contributed by atoms with Crippen LogP contribution in [-0.2, 0) is 9.59 Å². The highest BCUT2D eigenvalue weighted by atomic mass is 16.3. The summed E-state index contributed by atoms with van der Waals surface area (Å²) >= 11 is 0. The molecule has 1 atom stereocenters. The highest BCUT2D eigenvalue weighted by Crippen LogP contribution is 2.24. The summed E-state index contributed by atoms with van der Waals surface area (Å²) in [6.45, 7) is 1.43. The monoisotopic (exact) mass is 258 g/mol. The minimum absolute atomic E-state index is 0.166. The quantitative estimate of drug-likeness (QED) is 0.804. The number of hydrogen-bond acceptors (Lipinski definition) is 4. The number of nitrogens with one attached hydrogen (secondary N) is 1. The van der Waals surface area contributed by atoms with Crippen molar-refractivity contribution in [1.82, 2.24) is 0 Å². The van der Waals surface area contributed by atoms with Crippen LogP contribution in [0.15, 0.2) is 48.2 Å². The van der Waals surface area contributed by atoms with E-state index >= 15 is 0 Å². The molecule has 0 radical (unpaired) electrons. The molecular weight excluding hydrogens is 244 g/mol. The van der Waals surface area contributed by atoms with Crippen LogP contribution >= 0.6 is 0 Å². The van der Waals surface area contributed by atoms with E-state index in [-0.39, 0.29) is 5.91 Å². The van der Waals surface area contributed by atoms with Gasteiger partial charge in [-0.15, -0.1) is 0 Å². The van der Waals surface area contributed by atoms with Crippen LogP contribution in [0.2, 0.25) is 0 Å². The second-order valence-corrected chi connectivity index (χ2v) is 4.16. The van der Waals surface area contributed by atoms with Crippen molar-refractivity contribution < 1.29 is 14.7 Å². The summed E-state index contributed by atoms with van der Waals surface area (Å²) in [7, 11) is 0. The molecule has 0 saturated carbocycles. The van der Waals surface area contributed by atoms with E-state index in [2.05, 4.69) is 5.32 Å². The first-order valence-corrected chi connectivity index (χ1v) is 5.79. The van der Waals surface area contributed by atoms with Gasteiger partial charge in [-0.3, -0.25) is 9.59 Å². The first-order chi connectivity index (χ1) is 9.10. The van der Waals surface area contributed by atoms with Crippen LogP contribution in [0.4, 0.5) is 11.4 Å². The van der Waals surface area contributed by atoms with Crippen LogP contribution in [0.25, 0.3) is 0 Å². The van der Waals surface area contributed by atoms with Crippen molar-refractivity contribution in [2.75, 3.05) is 10.2 Å². The Hall–Kier alpha value is -2.40. The van der Waals surface area contributed by atoms with Gasteiger partial charge in [-0.25, -0.2) is 0 Å². The van der Waals surface area contributed by atoms with Gasteiger partial charge in [0.15, 0.2) is 6.29 Å². The van der Waals surface area contributed by atoms with Crippen molar-refractivity contribution >= 4 is 23.6 Å². The molecule has 0 bridgehead atoms. The van der Waals surface area contributed by atoms with E-state index in [0.29, 0.717) is 23.2 Å². The van der Waals surface area contributed by atoms with Gasteiger partial charge in [0.25, 0.3) is 0 Å². The van der Waals surface area contributed by atoms with Gasteiger partial charge in [-0.2, -0.15) is 0 Å². The molecule has 0 aromatic heterocycles. The summed E-state index contributed by atoms with van der Waals surface area (Å²) in [5.74, 6) is -0.166. The third-order valence-electron chi connectivity index (χ3n) is 2.63. The topological polar surface area (TPSA) is 69.6 Å². The average molecular weight is 258 g/mol. The number of aliphatic hydroxyl groups is 1. The lowest BCUT2D eigenvalue weighted by Crippen LogP contribution is -2.31. The second-order valence-electron chi connectivity index (χ2n) is 4.16. The van der Waals surface area contributed by atoms with Crippen molar-refractivity contribution in [2.45, 2.75) is 13.2 Å². The molecule has 0 aliphatic carbocycles. The number of rotatable bonds is 3. The Kier molecular flexibility index (Phi) is 3.77. The van der Waals surface area contributed by atoms with E-state index in [1.807, 2.05) is 0 Å². The maximum Gasteiger partial charge on any atom is 0.221 e. The van der Waals surface area contributed by atoms with Gasteiger partial charge in [0.05, 0.1) is 0 Å². The fourth-order valence-corrected chi connectivity index (χ4v) is 1.81. The molecule has 0 saturated heterocycles. The maximum atomic E-state index is 11.0. The van der Waals surface area contributed by atoms with Crippen molar-refractivity contribution in [1.29, 1.82) is 0 Å². The molecule has 5 heteroatoms. The number of amides is 1. The first-order valence-electron chi connectivity index (χ1n) is 5.79. The average Bonchev–Trinajstić information content (AvgIpc) is 2.39. The molecule has 1 aliphatic heterocycles.